The monoisotopic (exact) mass is 210 g/mol. The summed E-state index contributed by atoms with van der Waals surface area (Å²) in [6.45, 7) is 0. The van der Waals surface area contributed by atoms with Gasteiger partial charge in [-0.2, -0.15) is 0 Å². The van der Waals surface area contributed by atoms with Gasteiger partial charge in [-0.05, 0) is 12.1 Å². The van der Waals surface area contributed by atoms with E-state index in [-0.39, 0.29) is 5.75 Å². The lowest BCUT2D eigenvalue weighted by atomic mass is 10.2. The van der Waals surface area contributed by atoms with Crippen molar-refractivity contribution in [2.75, 3.05) is 13.0 Å². The first-order chi connectivity index (χ1) is 6.77. The fourth-order valence-corrected chi connectivity index (χ4v) is 1.04. The lowest BCUT2D eigenvalue weighted by molar-refractivity contribution is 0.407. The zero-order valence-corrected chi connectivity index (χ0v) is 8.64. The molecule has 0 fully saturated rings. The van der Waals surface area contributed by atoms with Crippen LogP contribution >= 0.6 is 11.6 Å². The average molecular weight is 211 g/mol. The van der Waals surface area contributed by atoms with Gasteiger partial charge in [0.1, 0.15) is 11.5 Å². The van der Waals surface area contributed by atoms with Crippen molar-refractivity contribution in [3.05, 3.63) is 23.8 Å². The van der Waals surface area contributed by atoms with Crippen LogP contribution < -0.4 is 4.74 Å². The maximum absolute atomic E-state index is 9.51. The van der Waals surface area contributed by atoms with Gasteiger partial charge in [0, 0.05) is 18.4 Å². The molecule has 0 spiro atoms. The van der Waals surface area contributed by atoms with Crippen LogP contribution in [0, 0.1) is 11.8 Å². The lowest BCUT2D eigenvalue weighted by Gasteiger charge is -2.01. The highest BCUT2D eigenvalue weighted by Gasteiger charge is 1.98. The smallest absolute Gasteiger partial charge is 0.134 e. The molecular weight excluding hydrogens is 200 g/mol. The Morgan fingerprint density at radius 2 is 2.29 bits per heavy atom. The predicted molar refractivity (Wildman–Crippen MR) is 56.9 cm³/mol. The molecule has 0 heterocycles. The lowest BCUT2D eigenvalue weighted by Crippen LogP contribution is -1.83. The molecule has 0 aliphatic heterocycles. The number of methoxy groups -OCH3 is 1. The Morgan fingerprint density at radius 1 is 1.50 bits per heavy atom. The normalized spacial score (nSPS) is 9.00. The largest absolute Gasteiger partial charge is 0.507 e. The van der Waals surface area contributed by atoms with Gasteiger partial charge >= 0.3 is 0 Å². The summed E-state index contributed by atoms with van der Waals surface area (Å²) in [6, 6.07) is 5.00. The van der Waals surface area contributed by atoms with Gasteiger partial charge in [-0.15, -0.1) is 11.6 Å². The Kier molecular flexibility index (Phi) is 4.15. The summed E-state index contributed by atoms with van der Waals surface area (Å²) in [7, 11) is 1.55. The van der Waals surface area contributed by atoms with E-state index in [2.05, 4.69) is 11.8 Å². The third kappa shape index (κ3) is 2.86. The first-order valence-corrected chi connectivity index (χ1v) is 4.73. The van der Waals surface area contributed by atoms with Gasteiger partial charge in [0.2, 0.25) is 0 Å². The van der Waals surface area contributed by atoms with Crippen LogP contribution in [-0.2, 0) is 0 Å². The van der Waals surface area contributed by atoms with E-state index >= 15 is 0 Å². The summed E-state index contributed by atoms with van der Waals surface area (Å²) >= 11 is 5.47. The van der Waals surface area contributed by atoms with E-state index in [4.69, 9.17) is 16.3 Å². The minimum atomic E-state index is 0.131. The summed E-state index contributed by atoms with van der Waals surface area (Å²) in [5.41, 5.74) is 0.593. The highest BCUT2D eigenvalue weighted by molar-refractivity contribution is 6.18. The second-order valence-corrected chi connectivity index (χ2v) is 3.00. The second kappa shape index (κ2) is 5.41. The van der Waals surface area contributed by atoms with Crippen molar-refractivity contribution in [1.29, 1.82) is 0 Å². The number of hydrogen-bond acceptors (Lipinski definition) is 2. The first kappa shape index (κ1) is 10.7. The Balaban J connectivity index is 2.85. The summed E-state index contributed by atoms with van der Waals surface area (Å²) in [6.07, 6.45) is 0.618. The van der Waals surface area contributed by atoms with E-state index in [0.717, 1.165) is 0 Å². The fourth-order valence-electron chi connectivity index (χ4n) is 0.949. The maximum Gasteiger partial charge on any atom is 0.134 e. The Bertz CT molecular complexity index is 363. The van der Waals surface area contributed by atoms with Crippen molar-refractivity contribution in [3.8, 4) is 23.3 Å². The van der Waals surface area contributed by atoms with Crippen LogP contribution in [0.15, 0.2) is 18.2 Å². The first-order valence-electron chi connectivity index (χ1n) is 4.19. The molecule has 2 nitrogen and oxygen atoms in total. The zero-order chi connectivity index (χ0) is 10.4. The molecule has 0 atom stereocenters. The van der Waals surface area contributed by atoms with Crippen LogP contribution in [0.2, 0.25) is 0 Å². The molecule has 0 amide bonds. The number of phenolic OH excluding ortho intramolecular Hbond substituents is 1. The van der Waals surface area contributed by atoms with E-state index in [1.807, 2.05) is 0 Å². The SMILES string of the molecule is COc1ccc(C#CCCCl)c(O)c1. The summed E-state index contributed by atoms with van der Waals surface area (Å²) in [5, 5.41) is 9.51. The van der Waals surface area contributed by atoms with Crippen molar-refractivity contribution in [1.82, 2.24) is 0 Å². The molecule has 1 N–H and O–H groups in total. The maximum atomic E-state index is 9.51. The number of phenols is 1. The second-order valence-electron chi connectivity index (χ2n) is 2.62. The van der Waals surface area contributed by atoms with Crippen LogP contribution in [0.4, 0.5) is 0 Å². The third-order valence-electron chi connectivity index (χ3n) is 1.65. The molecule has 0 aromatic heterocycles. The molecule has 14 heavy (non-hydrogen) atoms. The Hall–Kier alpha value is -1.33. The van der Waals surface area contributed by atoms with Crippen molar-refractivity contribution in [2.24, 2.45) is 0 Å². The van der Waals surface area contributed by atoms with Crippen LogP contribution in [0.25, 0.3) is 0 Å². The van der Waals surface area contributed by atoms with Crippen LogP contribution in [0.5, 0.6) is 11.5 Å². The molecule has 1 aromatic rings. The summed E-state index contributed by atoms with van der Waals surface area (Å²) in [5.74, 6) is 6.92. The molecule has 0 saturated carbocycles. The fraction of sp³-hybridized carbons (Fsp3) is 0.273. The van der Waals surface area contributed by atoms with Gasteiger partial charge in [-0.3, -0.25) is 0 Å². The van der Waals surface area contributed by atoms with Crippen molar-refractivity contribution in [2.45, 2.75) is 6.42 Å². The number of benzene rings is 1. The van der Waals surface area contributed by atoms with Crippen LogP contribution in [0.3, 0.4) is 0 Å². The quantitative estimate of drug-likeness (QED) is 0.600. The minimum absolute atomic E-state index is 0.131. The molecule has 0 radical (unpaired) electrons. The number of hydrogen-bond donors (Lipinski definition) is 1. The highest BCUT2D eigenvalue weighted by atomic mass is 35.5. The van der Waals surface area contributed by atoms with Gasteiger partial charge in [-0.1, -0.05) is 11.8 Å². The molecule has 0 aliphatic carbocycles. The Morgan fingerprint density at radius 3 is 2.86 bits per heavy atom. The van der Waals surface area contributed by atoms with Crippen LogP contribution in [0.1, 0.15) is 12.0 Å². The van der Waals surface area contributed by atoms with Gasteiger partial charge < -0.3 is 9.84 Å². The molecule has 0 unspecified atom stereocenters. The van der Waals surface area contributed by atoms with Gasteiger partial charge in [0.15, 0.2) is 0 Å². The number of alkyl halides is 1. The molecule has 0 bridgehead atoms. The minimum Gasteiger partial charge on any atom is -0.507 e. The zero-order valence-electron chi connectivity index (χ0n) is 7.88. The van der Waals surface area contributed by atoms with Gasteiger partial charge in [-0.25, -0.2) is 0 Å². The van der Waals surface area contributed by atoms with Gasteiger partial charge in [0.25, 0.3) is 0 Å². The summed E-state index contributed by atoms with van der Waals surface area (Å²) < 4.78 is 4.95. The van der Waals surface area contributed by atoms with E-state index in [1.54, 1.807) is 19.2 Å². The highest BCUT2D eigenvalue weighted by Crippen LogP contribution is 2.22. The summed E-state index contributed by atoms with van der Waals surface area (Å²) in [4.78, 5) is 0. The van der Waals surface area contributed by atoms with Gasteiger partial charge in [0.05, 0.1) is 12.7 Å². The molecule has 3 heteroatoms. The molecule has 0 saturated heterocycles. The predicted octanol–water partition coefficient (Wildman–Crippen LogP) is 2.38. The number of ether oxygens (including phenoxy) is 1. The molecule has 0 aliphatic rings. The molecule has 1 aromatic carbocycles. The number of aromatic hydroxyl groups is 1. The van der Waals surface area contributed by atoms with E-state index in [0.29, 0.717) is 23.6 Å². The topological polar surface area (TPSA) is 29.5 Å². The van der Waals surface area contributed by atoms with E-state index < -0.39 is 0 Å². The van der Waals surface area contributed by atoms with Crippen LogP contribution in [-0.4, -0.2) is 18.1 Å². The standard InChI is InChI=1S/C11H11ClO2/c1-14-10-6-5-9(11(13)8-10)4-2-3-7-12/h5-6,8,13H,3,7H2,1H3. The number of halogens is 1. The average Bonchev–Trinajstić information content (AvgIpc) is 2.20. The van der Waals surface area contributed by atoms with Crippen molar-refractivity contribution < 1.29 is 9.84 Å². The molecular formula is C11H11ClO2. The van der Waals surface area contributed by atoms with Crippen molar-refractivity contribution in [3.63, 3.8) is 0 Å². The van der Waals surface area contributed by atoms with Crippen molar-refractivity contribution >= 4 is 11.6 Å². The van der Waals surface area contributed by atoms with E-state index in [9.17, 15) is 5.11 Å². The third-order valence-corrected chi connectivity index (χ3v) is 1.84. The molecule has 1 rings (SSSR count). The van der Waals surface area contributed by atoms with E-state index in [1.165, 1.54) is 6.07 Å². The number of rotatable bonds is 2. The molecule has 74 valence electrons. The Labute approximate surface area is 88.5 Å².